The number of anilines is 1. The topological polar surface area (TPSA) is 66.5 Å². The Hall–Kier alpha value is -2.10. The van der Waals surface area contributed by atoms with Gasteiger partial charge in [0, 0.05) is 24.0 Å². The van der Waals surface area contributed by atoms with Gasteiger partial charge in [-0.15, -0.1) is 0 Å². The summed E-state index contributed by atoms with van der Waals surface area (Å²) in [5, 5.41) is 2.75. The van der Waals surface area contributed by atoms with Crippen LogP contribution in [-0.2, 0) is 21.0 Å². The maximum Gasteiger partial charge on any atom is 0.418 e. The second-order valence-corrected chi connectivity index (χ2v) is 9.04. The Morgan fingerprint density at radius 2 is 1.62 bits per heavy atom. The standard InChI is InChI=1S/C19H18ClF3N2O3S/c20-14-5-7-15(8-6-14)29(27,28)25-11-9-13(10-12-25)18(26)24-17-4-2-1-3-16(17)19(21,22)23/h1-8,13H,9-12H2,(H,24,26). The van der Waals surface area contributed by atoms with E-state index < -0.39 is 33.6 Å². The smallest absolute Gasteiger partial charge is 0.325 e. The molecule has 0 spiro atoms. The minimum Gasteiger partial charge on any atom is -0.325 e. The van der Waals surface area contributed by atoms with Crippen LogP contribution in [0.15, 0.2) is 53.4 Å². The second-order valence-electron chi connectivity index (χ2n) is 6.66. The summed E-state index contributed by atoms with van der Waals surface area (Å²) >= 11 is 5.78. The summed E-state index contributed by atoms with van der Waals surface area (Å²) in [7, 11) is -3.72. The first-order valence-electron chi connectivity index (χ1n) is 8.82. The van der Waals surface area contributed by atoms with Crippen LogP contribution >= 0.6 is 11.6 Å². The summed E-state index contributed by atoms with van der Waals surface area (Å²) in [5.74, 6) is -1.13. The van der Waals surface area contributed by atoms with Crippen molar-refractivity contribution in [3.05, 3.63) is 59.1 Å². The third kappa shape index (κ3) is 4.91. The second kappa shape index (κ2) is 8.33. The number of benzene rings is 2. The molecular weight excluding hydrogens is 429 g/mol. The van der Waals surface area contributed by atoms with E-state index in [1.807, 2.05) is 0 Å². The summed E-state index contributed by atoms with van der Waals surface area (Å²) in [5.41, 5.74) is -1.22. The van der Waals surface area contributed by atoms with Gasteiger partial charge < -0.3 is 5.32 Å². The molecule has 2 aromatic carbocycles. The predicted octanol–water partition coefficient (Wildman–Crippen LogP) is 4.40. The molecule has 3 rings (SSSR count). The van der Waals surface area contributed by atoms with Crippen molar-refractivity contribution in [3.8, 4) is 0 Å². The van der Waals surface area contributed by atoms with Gasteiger partial charge in [0.05, 0.1) is 16.1 Å². The van der Waals surface area contributed by atoms with Gasteiger partial charge >= 0.3 is 6.18 Å². The lowest BCUT2D eigenvalue weighted by Crippen LogP contribution is -2.41. The first-order valence-corrected chi connectivity index (χ1v) is 10.6. The van der Waals surface area contributed by atoms with E-state index in [0.29, 0.717) is 5.02 Å². The van der Waals surface area contributed by atoms with Gasteiger partial charge in [-0.25, -0.2) is 8.42 Å². The number of para-hydroxylation sites is 1. The number of amides is 1. The van der Waals surface area contributed by atoms with Crippen molar-refractivity contribution in [2.75, 3.05) is 18.4 Å². The molecule has 0 aromatic heterocycles. The van der Waals surface area contributed by atoms with Gasteiger partial charge in [-0.3, -0.25) is 4.79 Å². The van der Waals surface area contributed by atoms with Crippen molar-refractivity contribution >= 4 is 33.2 Å². The van der Waals surface area contributed by atoms with Gasteiger partial charge in [0.2, 0.25) is 15.9 Å². The molecule has 29 heavy (non-hydrogen) atoms. The summed E-state index contributed by atoms with van der Waals surface area (Å²) < 4.78 is 65.9. The van der Waals surface area contributed by atoms with Gasteiger partial charge in [0.1, 0.15) is 0 Å². The van der Waals surface area contributed by atoms with Gasteiger partial charge in [-0.05, 0) is 49.2 Å². The molecule has 1 amide bonds. The average molecular weight is 447 g/mol. The van der Waals surface area contributed by atoms with E-state index in [-0.39, 0.29) is 36.5 Å². The number of carbonyl (C=O) groups excluding carboxylic acids is 1. The number of hydrogen-bond donors (Lipinski definition) is 1. The van der Waals surface area contributed by atoms with E-state index in [9.17, 15) is 26.4 Å². The lowest BCUT2D eigenvalue weighted by atomic mass is 9.97. The van der Waals surface area contributed by atoms with Crippen LogP contribution in [0.4, 0.5) is 18.9 Å². The van der Waals surface area contributed by atoms with Crippen LogP contribution in [0.3, 0.4) is 0 Å². The summed E-state index contributed by atoms with van der Waals surface area (Å²) in [6, 6.07) is 10.5. The molecule has 2 aromatic rings. The van der Waals surface area contributed by atoms with Gasteiger partial charge in [0.15, 0.2) is 0 Å². The van der Waals surface area contributed by atoms with Crippen LogP contribution in [0, 0.1) is 5.92 Å². The molecule has 5 nitrogen and oxygen atoms in total. The number of nitrogens with one attached hydrogen (secondary N) is 1. The molecule has 1 heterocycles. The van der Waals surface area contributed by atoms with Crippen LogP contribution in [0.25, 0.3) is 0 Å². The quantitative estimate of drug-likeness (QED) is 0.757. The third-order valence-corrected chi connectivity index (χ3v) is 6.93. The molecule has 1 saturated heterocycles. The van der Waals surface area contributed by atoms with Crippen molar-refractivity contribution in [3.63, 3.8) is 0 Å². The third-order valence-electron chi connectivity index (χ3n) is 4.77. The van der Waals surface area contributed by atoms with Crippen LogP contribution in [-0.4, -0.2) is 31.7 Å². The Balaban J connectivity index is 1.65. The van der Waals surface area contributed by atoms with Crippen molar-refractivity contribution in [1.29, 1.82) is 0 Å². The van der Waals surface area contributed by atoms with E-state index in [0.717, 1.165) is 6.07 Å². The number of alkyl halides is 3. The fourth-order valence-electron chi connectivity index (χ4n) is 3.19. The van der Waals surface area contributed by atoms with Crippen LogP contribution in [0.5, 0.6) is 0 Å². The molecular formula is C19H18ClF3N2O3S. The monoisotopic (exact) mass is 446 g/mol. The lowest BCUT2D eigenvalue weighted by Gasteiger charge is -2.30. The maximum absolute atomic E-state index is 13.1. The fourth-order valence-corrected chi connectivity index (χ4v) is 4.78. The molecule has 1 N–H and O–H groups in total. The molecule has 0 saturated carbocycles. The van der Waals surface area contributed by atoms with Crippen molar-refractivity contribution < 1.29 is 26.4 Å². The zero-order valence-corrected chi connectivity index (χ0v) is 16.7. The number of carbonyl (C=O) groups is 1. The highest BCUT2D eigenvalue weighted by Crippen LogP contribution is 2.35. The van der Waals surface area contributed by atoms with Crippen LogP contribution < -0.4 is 5.32 Å². The molecule has 0 aliphatic carbocycles. The van der Waals surface area contributed by atoms with Gasteiger partial charge in [-0.2, -0.15) is 17.5 Å². The van der Waals surface area contributed by atoms with Crippen molar-refractivity contribution in [2.45, 2.75) is 23.9 Å². The highest BCUT2D eigenvalue weighted by atomic mass is 35.5. The zero-order chi connectivity index (χ0) is 21.2. The lowest BCUT2D eigenvalue weighted by molar-refractivity contribution is -0.137. The zero-order valence-electron chi connectivity index (χ0n) is 15.1. The van der Waals surface area contributed by atoms with Gasteiger partial charge in [0.25, 0.3) is 0 Å². The molecule has 10 heteroatoms. The molecule has 156 valence electrons. The van der Waals surface area contributed by atoms with E-state index in [4.69, 9.17) is 11.6 Å². The Morgan fingerprint density at radius 3 is 2.21 bits per heavy atom. The minimum atomic E-state index is -4.58. The Kier molecular flexibility index (Phi) is 6.21. The molecule has 1 aliphatic heterocycles. The maximum atomic E-state index is 13.1. The van der Waals surface area contributed by atoms with E-state index in [1.54, 1.807) is 0 Å². The average Bonchev–Trinajstić information content (AvgIpc) is 2.68. The highest BCUT2D eigenvalue weighted by Gasteiger charge is 2.35. The number of halogens is 4. The van der Waals surface area contributed by atoms with Crippen molar-refractivity contribution in [2.24, 2.45) is 5.92 Å². The van der Waals surface area contributed by atoms with E-state index in [2.05, 4.69) is 5.32 Å². The highest BCUT2D eigenvalue weighted by molar-refractivity contribution is 7.89. The minimum absolute atomic E-state index is 0.101. The Bertz CT molecular complexity index is 987. The first kappa shape index (κ1) is 21.6. The SMILES string of the molecule is O=C(Nc1ccccc1C(F)(F)F)C1CCN(S(=O)(=O)c2ccc(Cl)cc2)CC1. The van der Waals surface area contributed by atoms with Gasteiger partial charge in [-0.1, -0.05) is 23.7 Å². The van der Waals surface area contributed by atoms with Crippen LogP contribution in [0.1, 0.15) is 18.4 Å². The number of rotatable bonds is 4. The Morgan fingerprint density at radius 1 is 1.03 bits per heavy atom. The summed E-state index contributed by atoms with van der Waals surface area (Å²) in [6.07, 6.45) is -4.15. The summed E-state index contributed by atoms with van der Waals surface area (Å²) in [4.78, 5) is 12.6. The fraction of sp³-hybridized carbons (Fsp3) is 0.316. The Labute approximate surface area is 171 Å². The molecule has 0 bridgehead atoms. The molecule has 0 atom stereocenters. The molecule has 1 aliphatic rings. The number of piperidine rings is 1. The summed E-state index contributed by atoms with van der Waals surface area (Å²) in [6.45, 7) is 0.202. The number of nitrogens with zero attached hydrogens (tertiary/aromatic N) is 1. The number of hydrogen-bond acceptors (Lipinski definition) is 3. The predicted molar refractivity (Wildman–Crippen MR) is 103 cm³/mol. The normalized spacial score (nSPS) is 16.6. The molecule has 1 fully saturated rings. The first-order chi connectivity index (χ1) is 13.6. The molecule has 0 radical (unpaired) electrons. The number of sulfonamides is 1. The largest absolute Gasteiger partial charge is 0.418 e. The van der Waals surface area contributed by atoms with Crippen molar-refractivity contribution in [1.82, 2.24) is 4.31 Å². The van der Waals surface area contributed by atoms with E-state index in [1.165, 1.54) is 46.8 Å². The molecule has 0 unspecified atom stereocenters. The van der Waals surface area contributed by atoms with Crippen LogP contribution in [0.2, 0.25) is 5.02 Å². The van der Waals surface area contributed by atoms with E-state index >= 15 is 0 Å².